The van der Waals surface area contributed by atoms with Crippen LogP contribution in [-0.2, 0) is 0 Å². The van der Waals surface area contributed by atoms with E-state index >= 15 is 0 Å². The molecular formula is C16H29N3OS. The highest BCUT2D eigenvalue weighted by molar-refractivity contribution is 7.99. The Kier molecular flexibility index (Phi) is 6.63. The molecule has 21 heavy (non-hydrogen) atoms. The van der Waals surface area contributed by atoms with Gasteiger partial charge in [0.1, 0.15) is 0 Å². The van der Waals surface area contributed by atoms with Gasteiger partial charge in [-0.15, -0.1) is 0 Å². The molecule has 5 heteroatoms. The first-order valence-corrected chi connectivity index (χ1v) is 8.42. The van der Waals surface area contributed by atoms with Gasteiger partial charge in [-0.25, -0.2) is 9.97 Å². The maximum atomic E-state index is 9.67. The molecule has 0 amide bonds. The molecule has 2 N–H and O–H groups in total. The largest absolute Gasteiger partial charge is 0.394 e. The third-order valence-electron chi connectivity index (χ3n) is 3.64. The Morgan fingerprint density at radius 1 is 1.14 bits per heavy atom. The van der Waals surface area contributed by atoms with Crippen molar-refractivity contribution < 1.29 is 5.11 Å². The lowest BCUT2D eigenvalue weighted by molar-refractivity contribution is 0.157. The van der Waals surface area contributed by atoms with Crippen molar-refractivity contribution in [2.24, 2.45) is 0 Å². The van der Waals surface area contributed by atoms with Gasteiger partial charge in [0.05, 0.1) is 6.61 Å². The molecular weight excluding hydrogens is 282 g/mol. The zero-order valence-corrected chi connectivity index (χ0v) is 15.1. The summed E-state index contributed by atoms with van der Waals surface area (Å²) in [4.78, 5) is 9.12. The maximum Gasteiger partial charge on any atom is 0.188 e. The van der Waals surface area contributed by atoms with Crippen molar-refractivity contribution >= 4 is 11.8 Å². The highest BCUT2D eigenvalue weighted by atomic mass is 32.2. The summed E-state index contributed by atoms with van der Waals surface area (Å²) >= 11 is 1.68. The molecule has 0 saturated heterocycles. The van der Waals surface area contributed by atoms with E-state index in [4.69, 9.17) is 0 Å². The van der Waals surface area contributed by atoms with Crippen LogP contribution in [-0.4, -0.2) is 38.5 Å². The number of aliphatic hydroxyl groups excluding tert-OH is 1. The van der Waals surface area contributed by atoms with Gasteiger partial charge >= 0.3 is 0 Å². The maximum absolute atomic E-state index is 9.67. The third-order valence-corrected chi connectivity index (χ3v) is 4.61. The van der Waals surface area contributed by atoms with Crippen LogP contribution in [0.1, 0.15) is 51.1 Å². The van der Waals surface area contributed by atoms with Crippen molar-refractivity contribution in [3.8, 4) is 0 Å². The van der Waals surface area contributed by atoms with E-state index in [9.17, 15) is 5.11 Å². The van der Waals surface area contributed by atoms with Crippen LogP contribution >= 0.6 is 11.8 Å². The highest BCUT2D eigenvalue weighted by Gasteiger charge is 2.27. The summed E-state index contributed by atoms with van der Waals surface area (Å²) in [6, 6.07) is 0.347. The van der Waals surface area contributed by atoms with Crippen LogP contribution in [0.5, 0.6) is 0 Å². The number of thioether (sulfide) groups is 1. The summed E-state index contributed by atoms with van der Waals surface area (Å²) in [5.41, 5.74) is 2.98. The number of hydrogen-bond acceptors (Lipinski definition) is 5. The van der Waals surface area contributed by atoms with Crippen molar-refractivity contribution in [2.75, 3.05) is 6.61 Å². The van der Waals surface area contributed by atoms with Crippen LogP contribution in [0.2, 0.25) is 0 Å². The zero-order valence-electron chi connectivity index (χ0n) is 14.3. The second-order valence-electron chi connectivity index (χ2n) is 6.45. The van der Waals surface area contributed by atoms with Crippen LogP contribution < -0.4 is 5.32 Å². The topological polar surface area (TPSA) is 58.0 Å². The van der Waals surface area contributed by atoms with Crippen molar-refractivity contribution in [1.29, 1.82) is 0 Å². The summed E-state index contributed by atoms with van der Waals surface area (Å²) in [6.45, 7) is 14.7. The van der Waals surface area contributed by atoms with E-state index in [1.54, 1.807) is 11.8 Å². The predicted molar refractivity (Wildman–Crippen MR) is 89.9 cm³/mol. The summed E-state index contributed by atoms with van der Waals surface area (Å²) < 4.78 is 0. The van der Waals surface area contributed by atoms with Gasteiger partial charge in [-0.2, -0.15) is 0 Å². The van der Waals surface area contributed by atoms with E-state index in [0.717, 1.165) is 28.5 Å². The van der Waals surface area contributed by atoms with Crippen LogP contribution in [0.4, 0.5) is 0 Å². The molecule has 1 aromatic rings. The molecule has 0 fully saturated rings. The Labute approximate surface area is 133 Å². The SMILES string of the molecule is Cc1nc(SC(C)CC(C)(CO)NC(C)C)nc(C)c1C. The van der Waals surface area contributed by atoms with Gasteiger partial charge < -0.3 is 10.4 Å². The van der Waals surface area contributed by atoms with Gasteiger partial charge in [-0.3, -0.25) is 0 Å². The van der Waals surface area contributed by atoms with Gasteiger partial charge in [0.2, 0.25) is 0 Å². The molecule has 1 rings (SSSR count). The standard InChI is InChI=1S/C16H29N3OS/c1-10(2)19-16(7,9-20)8-11(3)21-15-17-13(5)12(4)14(6)18-15/h10-11,19-20H,8-9H2,1-7H3. The molecule has 0 aliphatic rings. The Morgan fingerprint density at radius 3 is 2.10 bits per heavy atom. The molecule has 0 aromatic carbocycles. The average molecular weight is 311 g/mol. The summed E-state index contributed by atoms with van der Waals surface area (Å²) in [5, 5.41) is 14.3. The van der Waals surface area contributed by atoms with E-state index in [2.05, 4.69) is 49.9 Å². The lowest BCUT2D eigenvalue weighted by atomic mass is 9.96. The van der Waals surface area contributed by atoms with Gasteiger partial charge in [-0.05, 0) is 39.7 Å². The fraction of sp³-hybridized carbons (Fsp3) is 0.750. The molecule has 4 nitrogen and oxygen atoms in total. The molecule has 0 aliphatic heterocycles. The minimum atomic E-state index is -0.268. The Balaban J connectivity index is 2.75. The van der Waals surface area contributed by atoms with Crippen molar-refractivity contribution in [3.63, 3.8) is 0 Å². The smallest absolute Gasteiger partial charge is 0.188 e. The lowest BCUT2D eigenvalue weighted by Crippen LogP contribution is -2.50. The third kappa shape index (κ3) is 5.57. The fourth-order valence-corrected chi connectivity index (χ4v) is 3.71. The van der Waals surface area contributed by atoms with E-state index in [1.807, 2.05) is 13.8 Å². The second kappa shape index (κ2) is 7.56. The number of rotatable bonds is 7. The van der Waals surface area contributed by atoms with Crippen LogP contribution in [0.3, 0.4) is 0 Å². The molecule has 2 atom stereocenters. The van der Waals surface area contributed by atoms with Crippen LogP contribution in [0.25, 0.3) is 0 Å². The minimum Gasteiger partial charge on any atom is -0.394 e. The summed E-state index contributed by atoms with van der Waals surface area (Å²) in [5.74, 6) is 0. The minimum absolute atomic E-state index is 0.128. The Hall–Kier alpha value is -0.650. The lowest BCUT2D eigenvalue weighted by Gasteiger charge is -2.33. The molecule has 0 aliphatic carbocycles. The summed E-state index contributed by atoms with van der Waals surface area (Å²) in [7, 11) is 0. The van der Waals surface area contributed by atoms with Gasteiger partial charge in [0.15, 0.2) is 5.16 Å². The van der Waals surface area contributed by atoms with E-state index in [1.165, 1.54) is 0 Å². The first kappa shape index (κ1) is 18.4. The molecule has 2 unspecified atom stereocenters. The number of aliphatic hydroxyl groups is 1. The van der Waals surface area contributed by atoms with Crippen molar-refractivity contribution in [2.45, 2.75) is 76.9 Å². The van der Waals surface area contributed by atoms with Gasteiger partial charge in [0.25, 0.3) is 0 Å². The number of aryl methyl sites for hydroxylation is 2. The Bertz CT molecular complexity index is 456. The number of nitrogens with one attached hydrogen (secondary N) is 1. The average Bonchev–Trinajstić information content (AvgIpc) is 2.34. The van der Waals surface area contributed by atoms with Crippen LogP contribution in [0.15, 0.2) is 5.16 Å². The van der Waals surface area contributed by atoms with Crippen molar-refractivity contribution in [1.82, 2.24) is 15.3 Å². The molecule has 0 bridgehead atoms. The van der Waals surface area contributed by atoms with Gasteiger partial charge in [-0.1, -0.05) is 32.5 Å². The Morgan fingerprint density at radius 2 is 1.67 bits per heavy atom. The van der Waals surface area contributed by atoms with E-state index < -0.39 is 0 Å². The monoisotopic (exact) mass is 311 g/mol. The van der Waals surface area contributed by atoms with E-state index in [-0.39, 0.29) is 12.1 Å². The first-order chi connectivity index (χ1) is 9.66. The normalized spacial score (nSPS) is 16.0. The molecule has 0 saturated carbocycles. The first-order valence-electron chi connectivity index (χ1n) is 7.54. The molecule has 1 aromatic heterocycles. The fourth-order valence-electron chi connectivity index (χ4n) is 2.52. The van der Waals surface area contributed by atoms with Crippen molar-refractivity contribution in [3.05, 3.63) is 17.0 Å². The predicted octanol–water partition coefficient (Wildman–Crippen LogP) is 3.02. The molecule has 0 radical (unpaired) electrons. The quantitative estimate of drug-likeness (QED) is 0.599. The number of hydrogen-bond donors (Lipinski definition) is 2. The molecule has 120 valence electrons. The van der Waals surface area contributed by atoms with Crippen LogP contribution in [0, 0.1) is 20.8 Å². The van der Waals surface area contributed by atoms with Gasteiger partial charge in [0, 0.05) is 28.2 Å². The number of aromatic nitrogens is 2. The summed E-state index contributed by atoms with van der Waals surface area (Å²) in [6.07, 6.45) is 0.863. The molecule has 1 heterocycles. The zero-order chi connectivity index (χ0) is 16.2. The number of nitrogens with zero attached hydrogens (tertiary/aromatic N) is 2. The highest BCUT2D eigenvalue weighted by Crippen LogP contribution is 2.27. The second-order valence-corrected chi connectivity index (χ2v) is 7.86. The van der Waals surface area contributed by atoms with E-state index in [0.29, 0.717) is 11.3 Å². The molecule has 0 spiro atoms.